The summed E-state index contributed by atoms with van der Waals surface area (Å²) in [5.74, 6) is 1.44. The number of nitrogens with one attached hydrogen (secondary N) is 1. The Morgan fingerprint density at radius 3 is 2.43 bits per heavy atom. The van der Waals surface area contributed by atoms with Gasteiger partial charge in [-0.3, -0.25) is 14.5 Å². The molecule has 2 aromatic carbocycles. The molecule has 3 rings (SSSR count). The number of benzene rings is 2. The zero-order chi connectivity index (χ0) is 20.1. The molecule has 0 saturated carbocycles. The summed E-state index contributed by atoms with van der Waals surface area (Å²) in [6.07, 6.45) is 0.319. The van der Waals surface area contributed by atoms with Gasteiger partial charge in [-0.15, -0.1) is 0 Å². The van der Waals surface area contributed by atoms with E-state index < -0.39 is 0 Å². The van der Waals surface area contributed by atoms with E-state index in [4.69, 9.17) is 4.74 Å². The normalized spacial score (nSPS) is 16.7. The molecule has 1 heterocycles. The standard InChI is InChI=1S/C22H27N3O3/c1-16(2)24(3)15-21(26)23-17-13-22(27)25(14-17)18-9-11-20(12-10-18)28-19-7-5-4-6-8-19/h4-12,16-17H,13-15H2,1-3H3,(H,23,26)/t17-/m0/s1. The molecule has 0 spiro atoms. The van der Waals surface area contributed by atoms with E-state index >= 15 is 0 Å². The summed E-state index contributed by atoms with van der Waals surface area (Å²) in [7, 11) is 1.91. The molecule has 6 nitrogen and oxygen atoms in total. The fourth-order valence-electron chi connectivity index (χ4n) is 3.05. The van der Waals surface area contributed by atoms with Crippen LogP contribution in [0.3, 0.4) is 0 Å². The first-order chi connectivity index (χ1) is 13.4. The molecule has 0 unspecified atom stereocenters. The third-order valence-corrected chi connectivity index (χ3v) is 4.89. The summed E-state index contributed by atoms with van der Waals surface area (Å²) in [6, 6.07) is 17.1. The van der Waals surface area contributed by atoms with Gasteiger partial charge in [0.05, 0.1) is 12.6 Å². The van der Waals surface area contributed by atoms with Crippen molar-refractivity contribution in [1.29, 1.82) is 0 Å². The summed E-state index contributed by atoms with van der Waals surface area (Å²) in [6.45, 7) is 4.89. The van der Waals surface area contributed by atoms with Crippen LogP contribution in [0.15, 0.2) is 54.6 Å². The van der Waals surface area contributed by atoms with Crippen LogP contribution in [0.5, 0.6) is 11.5 Å². The molecular weight excluding hydrogens is 354 g/mol. The summed E-state index contributed by atoms with van der Waals surface area (Å²) in [5.41, 5.74) is 0.807. The number of carbonyl (C=O) groups is 2. The Hall–Kier alpha value is -2.86. The maximum absolute atomic E-state index is 12.4. The summed E-state index contributed by atoms with van der Waals surface area (Å²) < 4.78 is 5.79. The number of carbonyl (C=O) groups excluding carboxylic acids is 2. The van der Waals surface area contributed by atoms with E-state index in [0.29, 0.717) is 31.3 Å². The van der Waals surface area contributed by atoms with E-state index in [9.17, 15) is 9.59 Å². The molecule has 0 radical (unpaired) electrons. The number of para-hydroxylation sites is 1. The van der Waals surface area contributed by atoms with Crippen LogP contribution in [0, 0.1) is 0 Å². The molecule has 1 aliphatic heterocycles. The van der Waals surface area contributed by atoms with Crippen molar-refractivity contribution in [3.63, 3.8) is 0 Å². The van der Waals surface area contributed by atoms with E-state index in [2.05, 4.69) is 5.32 Å². The lowest BCUT2D eigenvalue weighted by molar-refractivity contribution is -0.123. The van der Waals surface area contributed by atoms with Gasteiger partial charge in [0.1, 0.15) is 11.5 Å². The van der Waals surface area contributed by atoms with E-state index in [-0.39, 0.29) is 17.9 Å². The lowest BCUT2D eigenvalue weighted by Gasteiger charge is -2.22. The van der Waals surface area contributed by atoms with Crippen LogP contribution in [0.25, 0.3) is 0 Å². The SMILES string of the molecule is CC(C)N(C)CC(=O)N[C@H]1CC(=O)N(c2ccc(Oc3ccccc3)cc2)C1. The van der Waals surface area contributed by atoms with Crippen molar-refractivity contribution in [3.05, 3.63) is 54.6 Å². The van der Waals surface area contributed by atoms with Gasteiger partial charge in [-0.25, -0.2) is 0 Å². The number of rotatable bonds is 7. The number of hydrogen-bond donors (Lipinski definition) is 1. The van der Waals surface area contributed by atoms with Crippen molar-refractivity contribution in [2.24, 2.45) is 0 Å². The molecule has 1 fully saturated rings. The number of anilines is 1. The Labute approximate surface area is 166 Å². The first-order valence-corrected chi connectivity index (χ1v) is 9.55. The quantitative estimate of drug-likeness (QED) is 0.801. The first kappa shape index (κ1) is 19.9. The Morgan fingerprint density at radius 1 is 1.14 bits per heavy atom. The number of likely N-dealkylation sites (N-methyl/N-ethyl adjacent to an activating group) is 1. The van der Waals surface area contributed by atoms with Gasteiger partial charge in [0.25, 0.3) is 0 Å². The minimum Gasteiger partial charge on any atom is -0.457 e. The lowest BCUT2D eigenvalue weighted by Crippen LogP contribution is -2.43. The third kappa shape index (κ3) is 5.10. The second kappa shape index (κ2) is 8.89. The average molecular weight is 381 g/mol. The Kier molecular flexibility index (Phi) is 6.31. The van der Waals surface area contributed by atoms with E-state index in [0.717, 1.165) is 11.4 Å². The maximum atomic E-state index is 12.4. The highest BCUT2D eigenvalue weighted by molar-refractivity contribution is 5.97. The summed E-state index contributed by atoms with van der Waals surface area (Å²) >= 11 is 0. The van der Waals surface area contributed by atoms with Crippen molar-refractivity contribution in [3.8, 4) is 11.5 Å². The average Bonchev–Trinajstić information content (AvgIpc) is 3.03. The zero-order valence-electron chi connectivity index (χ0n) is 16.6. The molecule has 2 aromatic rings. The molecule has 148 valence electrons. The van der Waals surface area contributed by atoms with Crippen molar-refractivity contribution >= 4 is 17.5 Å². The highest BCUT2D eigenvalue weighted by Crippen LogP contribution is 2.26. The van der Waals surface area contributed by atoms with Crippen molar-refractivity contribution in [2.75, 3.05) is 25.0 Å². The van der Waals surface area contributed by atoms with Gasteiger partial charge in [0, 0.05) is 24.7 Å². The van der Waals surface area contributed by atoms with Gasteiger partial charge in [0.2, 0.25) is 11.8 Å². The lowest BCUT2D eigenvalue weighted by atomic mass is 10.2. The Morgan fingerprint density at radius 2 is 1.79 bits per heavy atom. The van der Waals surface area contributed by atoms with Gasteiger partial charge in [0.15, 0.2) is 0 Å². The van der Waals surface area contributed by atoms with Crippen LogP contribution < -0.4 is 15.0 Å². The second-order valence-corrected chi connectivity index (χ2v) is 7.39. The third-order valence-electron chi connectivity index (χ3n) is 4.89. The molecule has 6 heteroatoms. The summed E-state index contributed by atoms with van der Waals surface area (Å²) in [4.78, 5) is 28.3. The number of nitrogens with zero attached hydrogens (tertiary/aromatic N) is 2. The maximum Gasteiger partial charge on any atom is 0.234 e. The van der Waals surface area contributed by atoms with Crippen molar-refractivity contribution < 1.29 is 14.3 Å². The van der Waals surface area contributed by atoms with E-state index in [1.54, 1.807) is 4.90 Å². The molecular formula is C22H27N3O3. The molecule has 0 aliphatic carbocycles. The van der Waals surface area contributed by atoms with Gasteiger partial charge in [-0.2, -0.15) is 0 Å². The highest BCUT2D eigenvalue weighted by atomic mass is 16.5. The van der Waals surface area contributed by atoms with Crippen LogP contribution in [0.1, 0.15) is 20.3 Å². The van der Waals surface area contributed by atoms with E-state index in [1.807, 2.05) is 80.4 Å². The highest BCUT2D eigenvalue weighted by Gasteiger charge is 2.31. The van der Waals surface area contributed by atoms with Crippen LogP contribution in [-0.2, 0) is 9.59 Å². The molecule has 0 bridgehead atoms. The predicted octanol–water partition coefficient (Wildman–Crippen LogP) is 3.04. The molecule has 1 aliphatic rings. The monoisotopic (exact) mass is 381 g/mol. The summed E-state index contributed by atoms with van der Waals surface area (Å²) in [5, 5.41) is 2.97. The smallest absolute Gasteiger partial charge is 0.234 e. The molecule has 1 N–H and O–H groups in total. The number of hydrogen-bond acceptors (Lipinski definition) is 4. The van der Waals surface area contributed by atoms with Gasteiger partial charge >= 0.3 is 0 Å². The fourth-order valence-corrected chi connectivity index (χ4v) is 3.05. The van der Waals surface area contributed by atoms with Crippen LogP contribution in [0.4, 0.5) is 5.69 Å². The first-order valence-electron chi connectivity index (χ1n) is 9.55. The van der Waals surface area contributed by atoms with Crippen molar-refractivity contribution in [1.82, 2.24) is 10.2 Å². The zero-order valence-corrected chi connectivity index (χ0v) is 16.6. The van der Waals surface area contributed by atoms with E-state index in [1.165, 1.54) is 0 Å². The van der Waals surface area contributed by atoms with Crippen LogP contribution in [-0.4, -0.2) is 48.9 Å². The largest absolute Gasteiger partial charge is 0.457 e. The van der Waals surface area contributed by atoms with Gasteiger partial charge in [-0.1, -0.05) is 18.2 Å². The number of amides is 2. The molecule has 2 amide bonds. The minimum atomic E-state index is -0.166. The second-order valence-electron chi connectivity index (χ2n) is 7.39. The molecule has 0 aromatic heterocycles. The van der Waals surface area contributed by atoms with Gasteiger partial charge < -0.3 is 15.0 Å². The van der Waals surface area contributed by atoms with Gasteiger partial charge in [-0.05, 0) is 57.3 Å². The molecule has 1 saturated heterocycles. The van der Waals surface area contributed by atoms with Crippen LogP contribution >= 0.6 is 0 Å². The fraction of sp³-hybridized carbons (Fsp3) is 0.364. The topological polar surface area (TPSA) is 61.9 Å². The molecule has 28 heavy (non-hydrogen) atoms. The number of ether oxygens (including phenoxy) is 1. The Bertz CT molecular complexity index is 806. The minimum absolute atomic E-state index is 0.0132. The molecule has 1 atom stereocenters. The van der Waals surface area contributed by atoms with Crippen molar-refractivity contribution in [2.45, 2.75) is 32.4 Å². The Balaban J connectivity index is 1.57. The van der Waals surface area contributed by atoms with Crippen LogP contribution in [0.2, 0.25) is 0 Å². The predicted molar refractivity (Wildman–Crippen MR) is 110 cm³/mol.